The Hall–Kier alpha value is -0.0900. The molecule has 4 heteroatoms. The SMILES string of the molecule is CCCCCCCCCS(=O)(=O)CCCCCCCCC.CCO. The van der Waals surface area contributed by atoms with Gasteiger partial charge in [-0.25, -0.2) is 8.42 Å². The van der Waals surface area contributed by atoms with E-state index in [1.165, 1.54) is 64.2 Å². The number of hydrogen-bond donors (Lipinski definition) is 1. The van der Waals surface area contributed by atoms with Gasteiger partial charge in [-0.05, 0) is 19.8 Å². The van der Waals surface area contributed by atoms with E-state index in [1.54, 1.807) is 6.92 Å². The maximum Gasteiger partial charge on any atom is 0.150 e. The summed E-state index contributed by atoms with van der Waals surface area (Å²) in [6.07, 6.45) is 16.6. The number of sulfone groups is 1. The molecule has 0 aromatic rings. The first kappa shape index (κ1) is 26.1. The van der Waals surface area contributed by atoms with E-state index in [0.717, 1.165) is 25.7 Å². The molecule has 0 aliphatic heterocycles. The van der Waals surface area contributed by atoms with Crippen LogP contribution < -0.4 is 0 Å². The Morgan fingerprint density at radius 1 is 0.542 bits per heavy atom. The number of rotatable bonds is 16. The highest BCUT2D eigenvalue weighted by molar-refractivity contribution is 7.91. The highest BCUT2D eigenvalue weighted by Gasteiger charge is 2.09. The molecule has 0 saturated carbocycles. The first-order valence-corrected chi connectivity index (χ1v) is 12.2. The maximum absolute atomic E-state index is 11.9. The molecule has 24 heavy (non-hydrogen) atoms. The lowest BCUT2D eigenvalue weighted by atomic mass is 10.1. The summed E-state index contributed by atoms with van der Waals surface area (Å²) in [5.74, 6) is 0.827. The van der Waals surface area contributed by atoms with Gasteiger partial charge in [-0.3, -0.25) is 0 Å². The van der Waals surface area contributed by atoms with Crippen LogP contribution in [0.4, 0.5) is 0 Å². The van der Waals surface area contributed by atoms with Crippen LogP contribution in [0.1, 0.15) is 111 Å². The van der Waals surface area contributed by atoms with Gasteiger partial charge >= 0.3 is 0 Å². The predicted molar refractivity (Wildman–Crippen MR) is 107 cm³/mol. The minimum absolute atomic E-state index is 0.250. The van der Waals surface area contributed by atoms with Gasteiger partial charge in [0.1, 0.15) is 9.84 Å². The normalized spacial score (nSPS) is 11.2. The molecular weight excluding hydrogens is 320 g/mol. The zero-order chi connectivity index (χ0) is 18.5. The molecule has 0 fully saturated rings. The van der Waals surface area contributed by atoms with Crippen molar-refractivity contribution in [2.75, 3.05) is 18.1 Å². The summed E-state index contributed by atoms with van der Waals surface area (Å²) >= 11 is 0. The second kappa shape index (κ2) is 21.0. The molecule has 0 saturated heterocycles. The van der Waals surface area contributed by atoms with Crippen molar-refractivity contribution in [3.63, 3.8) is 0 Å². The average Bonchev–Trinajstić information content (AvgIpc) is 2.54. The van der Waals surface area contributed by atoms with Crippen LogP contribution in [0.2, 0.25) is 0 Å². The third kappa shape index (κ3) is 24.2. The maximum atomic E-state index is 11.9. The lowest BCUT2D eigenvalue weighted by Gasteiger charge is -2.05. The summed E-state index contributed by atoms with van der Waals surface area (Å²) in [5, 5.41) is 7.57. The summed E-state index contributed by atoms with van der Waals surface area (Å²) in [6.45, 7) is 6.37. The average molecular weight is 365 g/mol. The number of aliphatic hydroxyl groups is 1. The van der Waals surface area contributed by atoms with Crippen LogP contribution in [-0.2, 0) is 9.84 Å². The molecule has 0 radical (unpaired) electrons. The van der Waals surface area contributed by atoms with E-state index >= 15 is 0 Å². The highest BCUT2D eigenvalue weighted by Crippen LogP contribution is 2.11. The van der Waals surface area contributed by atoms with Crippen LogP contribution in [0.15, 0.2) is 0 Å². The van der Waals surface area contributed by atoms with Crippen LogP contribution in [0.5, 0.6) is 0 Å². The van der Waals surface area contributed by atoms with Crippen molar-refractivity contribution in [2.24, 2.45) is 0 Å². The van der Waals surface area contributed by atoms with Gasteiger partial charge in [-0.2, -0.15) is 0 Å². The van der Waals surface area contributed by atoms with E-state index in [0.29, 0.717) is 11.5 Å². The Bertz CT molecular complexity index is 289. The van der Waals surface area contributed by atoms with Crippen molar-refractivity contribution in [2.45, 2.75) is 111 Å². The summed E-state index contributed by atoms with van der Waals surface area (Å²) in [5.41, 5.74) is 0. The smallest absolute Gasteiger partial charge is 0.150 e. The van der Waals surface area contributed by atoms with Crippen LogP contribution in [0, 0.1) is 0 Å². The Morgan fingerprint density at radius 3 is 1.08 bits per heavy atom. The summed E-state index contributed by atoms with van der Waals surface area (Å²) in [7, 11) is -2.78. The van der Waals surface area contributed by atoms with Crippen LogP contribution in [0.3, 0.4) is 0 Å². The van der Waals surface area contributed by atoms with Gasteiger partial charge < -0.3 is 5.11 Å². The summed E-state index contributed by atoms with van der Waals surface area (Å²) < 4.78 is 23.8. The fourth-order valence-corrected chi connectivity index (χ4v) is 4.15. The molecule has 0 aromatic heterocycles. The lowest BCUT2D eigenvalue weighted by Crippen LogP contribution is -2.11. The van der Waals surface area contributed by atoms with Gasteiger partial charge in [0.15, 0.2) is 0 Å². The number of unbranched alkanes of at least 4 members (excludes halogenated alkanes) is 12. The molecule has 0 aliphatic rings. The van der Waals surface area contributed by atoms with Crippen LogP contribution >= 0.6 is 0 Å². The van der Waals surface area contributed by atoms with E-state index in [1.807, 2.05) is 0 Å². The molecule has 0 spiro atoms. The van der Waals surface area contributed by atoms with Crippen LogP contribution in [-0.4, -0.2) is 31.6 Å². The van der Waals surface area contributed by atoms with Gasteiger partial charge in [0.25, 0.3) is 0 Å². The quantitative estimate of drug-likeness (QED) is 0.347. The van der Waals surface area contributed by atoms with E-state index in [9.17, 15) is 8.42 Å². The fraction of sp³-hybridized carbons (Fsp3) is 1.00. The van der Waals surface area contributed by atoms with Gasteiger partial charge in [0, 0.05) is 6.61 Å². The standard InChI is InChI=1S/C18H38O2S.C2H6O/c1-3-5-7-9-11-13-15-17-21(19,20)18-16-14-12-10-8-6-4-2;1-2-3/h3-18H2,1-2H3;3H,2H2,1H3. The molecule has 0 heterocycles. The van der Waals surface area contributed by atoms with Gasteiger partial charge in [-0.15, -0.1) is 0 Å². The summed E-state index contributed by atoms with van der Waals surface area (Å²) in [4.78, 5) is 0. The van der Waals surface area contributed by atoms with E-state index in [2.05, 4.69) is 13.8 Å². The molecule has 3 nitrogen and oxygen atoms in total. The lowest BCUT2D eigenvalue weighted by molar-refractivity contribution is 0.318. The van der Waals surface area contributed by atoms with Crippen molar-refractivity contribution in [3.05, 3.63) is 0 Å². The molecule has 0 aliphatic carbocycles. The third-order valence-electron chi connectivity index (χ3n) is 4.12. The van der Waals surface area contributed by atoms with E-state index in [-0.39, 0.29) is 6.61 Å². The first-order chi connectivity index (χ1) is 11.5. The molecule has 0 atom stereocenters. The minimum atomic E-state index is -2.78. The second-order valence-electron chi connectivity index (χ2n) is 6.71. The molecule has 1 N–H and O–H groups in total. The van der Waals surface area contributed by atoms with Gasteiger partial charge in [-0.1, -0.05) is 90.9 Å². The Kier molecular flexibility index (Phi) is 22.8. The van der Waals surface area contributed by atoms with Crippen molar-refractivity contribution in [1.82, 2.24) is 0 Å². The molecule has 0 amide bonds. The molecule has 0 bridgehead atoms. The van der Waals surface area contributed by atoms with Crippen molar-refractivity contribution < 1.29 is 13.5 Å². The molecular formula is C20H44O3S. The largest absolute Gasteiger partial charge is 0.397 e. The Balaban J connectivity index is 0. The zero-order valence-electron chi connectivity index (χ0n) is 16.7. The first-order valence-electron chi connectivity index (χ1n) is 10.3. The number of hydrogen-bond acceptors (Lipinski definition) is 3. The fourth-order valence-electron chi connectivity index (χ4n) is 2.66. The van der Waals surface area contributed by atoms with Crippen molar-refractivity contribution >= 4 is 9.84 Å². The van der Waals surface area contributed by atoms with Gasteiger partial charge in [0.2, 0.25) is 0 Å². The molecule has 148 valence electrons. The zero-order valence-corrected chi connectivity index (χ0v) is 17.5. The van der Waals surface area contributed by atoms with Crippen LogP contribution in [0.25, 0.3) is 0 Å². The highest BCUT2D eigenvalue weighted by atomic mass is 32.2. The second-order valence-corrected chi connectivity index (χ2v) is 9.01. The molecule has 0 rings (SSSR count). The Labute approximate surface area is 152 Å². The monoisotopic (exact) mass is 364 g/mol. The van der Waals surface area contributed by atoms with Crippen molar-refractivity contribution in [1.29, 1.82) is 0 Å². The van der Waals surface area contributed by atoms with Gasteiger partial charge in [0.05, 0.1) is 11.5 Å². The minimum Gasteiger partial charge on any atom is -0.397 e. The molecule has 0 aromatic carbocycles. The van der Waals surface area contributed by atoms with E-state index < -0.39 is 9.84 Å². The van der Waals surface area contributed by atoms with Crippen molar-refractivity contribution in [3.8, 4) is 0 Å². The third-order valence-corrected chi connectivity index (χ3v) is 5.94. The van der Waals surface area contributed by atoms with E-state index in [4.69, 9.17) is 5.11 Å². The Morgan fingerprint density at radius 2 is 0.792 bits per heavy atom. The predicted octanol–water partition coefficient (Wildman–Crippen LogP) is 5.90. The summed E-state index contributed by atoms with van der Waals surface area (Å²) in [6, 6.07) is 0. The topological polar surface area (TPSA) is 54.4 Å². The number of aliphatic hydroxyl groups excluding tert-OH is 1. The molecule has 0 unspecified atom stereocenters.